The molecule has 29 heavy (non-hydrogen) atoms. The Balaban J connectivity index is 1.33. The number of para-hydroxylation sites is 2. The van der Waals surface area contributed by atoms with Crippen LogP contribution < -0.4 is 4.90 Å². The van der Waals surface area contributed by atoms with Gasteiger partial charge in [0.1, 0.15) is 24.5 Å². The maximum absolute atomic E-state index is 2.63. The van der Waals surface area contributed by atoms with Gasteiger partial charge in [0.25, 0.3) is 0 Å². The third kappa shape index (κ3) is 2.95. The molecule has 2 aromatic carbocycles. The summed E-state index contributed by atoms with van der Waals surface area (Å²) in [5.74, 6) is 3.25. The largest absolute Gasteiger partial charge is 0.244 e. The van der Waals surface area contributed by atoms with Crippen molar-refractivity contribution in [1.82, 2.24) is 0 Å². The Bertz CT molecular complexity index is 943. The zero-order valence-electron chi connectivity index (χ0n) is 17.3. The molecule has 1 heterocycles. The topological polar surface area (TPSA) is 6.25 Å². The molecule has 1 aliphatic heterocycles. The van der Waals surface area contributed by atoms with Crippen LogP contribution in [0.1, 0.15) is 97.3 Å². The van der Waals surface area contributed by atoms with Gasteiger partial charge in [-0.3, -0.25) is 0 Å². The van der Waals surface area contributed by atoms with Crippen LogP contribution in [-0.2, 0) is 0 Å². The van der Waals surface area contributed by atoms with Crippen LogP contribution in [0.3, 0.4) is 0 Å². The summed E-state index contributed by atoms with van der Waals surface area (Å²) in [7, 11) is 0. The molecule has 4 saturated carbocycles. The predicted molar refractivity (Wildman–Crippen MR) is 119 cm³/mol. The smallest absolute Gasteiger partial charge is 0.229 e. The minimum Gasteiger partial charge on any atom is -0.229 e. The Morgan fingerprint density at radius 3 is 1.55 bits per heavy atom. The Hall–Kier alpha value is -2.09. The zero-order valence-corrected chi connectivity index (χ0v) is 17.3. The number of hydrogen-bond acceptors (Lipinski definition) is 1. The van der Waals surface area contributed by atoms with Gasteiger partial charge in [0.05, 0.1) is 0 Å². The van der Waals surface area contributed by atoms with E-state index in [4.69, 9.17) is 0 Å². The molecule has 0 aromatic heterocycles. The van der Waals surface area contributed by atoms with Gasteiger partial charge >= 0.3 is 0 Å². The fraction of sp³-hybridized carbons (Fsp3) is 0.519. The van der Waals surface area contributed by atoms with Gasteiger partial charge in [-0.15, -0.1) is 0 Å². The number of benzene rings is 2. The van der Waals surface area contributed by atoms with Crippen LogP contribution >= 0.6 is 0 Å². The summed E-state index contributed by atoms with van der Waals surface area (Å²) < 4.78 is 2.63. The molecule has 0 unspecified atom stereocenters. The summed E-state index contributed by atoms with van der Waals surface area (Å²) in [6.45, 7) is 2.26. The molecule has 4 aliphatic carbocycles. The molecule has 0 radical (unpaired) electrons. The summed E-state index contributed by atoms with van der Waals surface area (Å²) in [5, 5.41) is 0. The van der Waals surface area contributed by atoms with Crippen molar-refractivity contribution in [2.45, 2.75) is 75.0 Å². The first-order valence-electron chi connectivity index (χ1n) is 12.0. The first-order chi connectivity index (χ1) is 14.4. The molecule has 0 amide bonds. The van der Waals surface area contributed by atoms with Gasteiger partial charge < -0.3 is 0 Å². The molecule has 0 bridgehead atoms. The second-order valence-corrected chi connectivity index (χ2v) is 10.2. The van der Waals surface area contributed by atoms with Gasteiger partial charge in [0, 0.05) is 22.3 Å². The second-order valence-electron chi connectivity index (χ2n) is 10.2. The lowest BCUT2D eigenvalue weighted by atomic mass is 9.99. The van der Waals surface area contributed by atoms with Crippen LogP contribution in [0.25, 0.3) is 0 Å². The third-order valence-corrected chi connectivity index (χ3v) is 7.70. The molecular formula is C27H31N2+. The van der Waals surface area contributed by atoms with Gasteiger partial charge in [-0.1, -0.05) is 36.4 Å². The molecule has 0 saturated heterocycles. The number of hydrogen-bond donors (Lipinski definition) is 0. The molecule has 0 atom stereocenters. The highest BCUT2D eigenvalue weighted by Gasteiger charge is 2.40. The first-order valence-corrected chi connectivity index (χ1v) is 12.0. The Morgan fingerprint density at radius 2 is 1.07 bits per heavy atom. The van der Waals surface area contributed by atoms with E-state index >= 15 is 0 Å². The number of nitrogens with zero attached hydrogens (tertiary/aromatic N) is 2. The van der Waals surface area contributed by atoms with E-state index in [9.17, 15) is 0 Å². The highest BCUT2D eigenvalue weighted by atomic mass is 15.3. The average Bonchev–Trinajstić information content (AvgIpc) is 3.61. The minimum atomic E-state index is 0.812. The van der Waals surface area contributed by atoms with E-state index in [1.165, 1.54) is 51.4 Å². The van der Waals surface area contributed by atoms with Crippen molar-refractivity contribution in [2.75, 3.05) is 18.0 Å². The molecule has 2 aromatic rings. The molecule has 2 heteroatoms. The van der Waals surface area contributed by atoms with E-state index in [1.54, 1.807) is 33.6 Å². The lowest BCUT2D eigenvalue weighted by molar-refractivity contribution is -0.425. The summed E-state index contributed by atoms with van der Waals surface area (Å²) in [6, 6.07) is 14.3. The van der Waals surface area contributed by atoms with E-state index in [0.29, 0.717) is 0 Å². The van der Waals surface area contributed by atoms with Crippen LogP contribution in [0.5, 0.6) is 0 Å². The van der Waals surface area contributed by atoms with E-state index in [1.807, 2.05) is 0 Å². The van der Waals surface area contributed by atoms with Gasteiger partial charge in [-0.2, -0.15) is 0 Å². The fourth-order valence-corrected chi connectivity index (χ4v) is 5.56. The first kappa shape index (κ1) is 16.7. The molecule has 0 spiro atoms. The van der Waals surface area contributed by atoms with Crippen molar-refractivity contribution in [3.63, 3.8) is 0 Å². The van der Waals surface area contributed by atoms with Gasteiger partial charge in [0.15, 0.2) is 0 Å². The van der Waals surface area contributed by atoms with E-state index in [2.05, 4.69) is 52.2 Å². The quantitative estimate of drug-likeness (QED) is 0.524. The van der Waals surface area contributed by atoms with Gasteiger partial charge in [0.2, 0.25) is 6.34 Å². The van der Waals surface area contributed by atoms with Crippen molar-refractivity contribution >= 4 is 17.7 Å². The average molecular weight is 384 g/mol. The molecule has 7 rings (SSSR count). The van der Waals surface area contributed by atoms with Crippen molar-refractivity contribution in [3.05, 3.63) is 58.7 Å². The van der Waals surface area contributed by atoms with Crippen LogP contribution in [0.2, 0.25) is 0 Å². The predicted octanol–water partition coefficient (Wildman–Crippen LogP) is 6.39. The van der Waals surface area contributed by atoms with Crippen molar-refractivity contribution < 1.29 is 4.58 Å². The normalized spacial score (nSPS) is 24.1. The van der Waals surface area contributed by atoms with Gasteiger partial charge in [-0.05, 0) is 75.0 Å². The maximum Gasteiger partial charge on any atom is 0.244 e. The highest BCUT2D eigenvalue weighted by molar-refractivity contribution is 5.83. The molecule has 148 valence electrons. The fourth-order valence-electron chi connectivity index (χ4n) is 5.56. The summed E-state index contributed by atoms with van der Waals surface area (Å²) in [5.41, 5.74) is 9.68. The van der Waals surface area contributed by atoms with Crippen LogP contribution in [0.15, 0.2) is 36.4 Å². The van der Waals surface area contributed by atoms with Gasteiger partial charge in [-0.25, -0.2) is 9.48 Å². The highest BCUT2D eigenvalue weighted by Crippen LogP contribution is 2.53. The van der Waals surface area contributed by atoms with Crippen LogP contribution in [-0.4, -0.2) is 24.0 Å². The molecule has 2 nitrogen and oxygen atoms in total. The Morgan fingerprint density at radius 1 is 0.621 bits per heavy atom. The lowest BCUT2D eigenvalue weighted by Gasteiger charge is -2.16. The monoisotopic (exact) mass is 383 g/mol. The maximum atomic E-state index is 2.63. The minimum absolute atomic E-state index is 0.812. The van der Waals surface area contributed by atoms with Crippen LogP contribution in [0, 0.1) is 0 Å². The SMILES string of the molecule is C1=[N+](c2c(C3CC3)cccc2C2CC2)CCN1c1c(C2CC2)cccc1C1CC1. The van der Waals surface area contributed by atoms with Crippen molar-refractivity contribution in [1.29, 1.82) is 0 Å². The van der Waals surface area contributed by atoms with Crippen LogP contribution in [0.4, 0.5) is 11.4 Å². The van der Waals surface area contributed by atoms with E-state index in [0.717, 1.165) is 36.8 Å². The number of anilines is 1. The molecule has 5 aliphatic rings. The van der Waals surface area contributed by atoms with Crippen molar-refractivity contribution in [3.8, 4) is 0 Å². The molecule has 0 N–H and O–H groups in total. The van der Waals surface area contributed by atoms with Crippen molar-refractivity contribution in [2.24, 2.45) is 0 Å². The second kappa shape index (κ2) is 6.20. The van der Waals surface area contributed by atoms with E-state index < -0.39 is 0 Å². The summed E-state index contributed by atoms with van der Waals surface area (Å²) in [6.07, 6.45) is 13.6. The number of rotatable bonds is 6. The third-order valence-electron chi connectivity index (χ3n) is 7.70. The zero-order chi connectivity index (χ0) is 18.9. The molecule has 4 fully saturated rings. The Labute approximate surface area is 174 Å². The Kier molecular flexibility index (Phi) is 3.57. The molecular weight excluding hydrogens is 352 g/mol. The summed E-state index contributed by atoms with van der Waals surface area (Å²) in [4.78, 5) is 2.63. The lowest BCUT2D eigenvalue weighted by Crippen LogP contribution is -2.21. The summed E-state index contributed by atoms with van der Waals surface area (Å²) >= 11 is 0. The van der Waals surface area contributed by atoms with E-state index in [-0.39, 0.29) is 0 Å². The standard InChI is InChI=1S/C27H31N2/c1-3-22(18-7-8-18)26(23(4-1)19-9-10-19)28-15-16-29(17-28)27-24(20-11-12-20)5-2-6-25(27)21-13-14-21/h1-6,17-21H,7-16H2/q+1.